The number of thiophene rings is 1. The average molecular weight is 386 g/mol. The van der Waals surface area contributed by atoms with Gasteiger partial charge in [0.25, 0.3) is 5.91 Å². The Kier molecular flexibility index (Phi) is 5.85. The van der Waals surface area contributed by atoms with E-state index in [-0.39, 0.29) is 5.91 Å². The maximum absolute atomic E-state index is 12.8. The number of hydrogen-bond donors (Lipinski definition) is 0. The summed E-state index contributed by atoms with van der Waals surface area (Å²) in [4.78, 5) is 16.3. The van der Waals surface area contributed by atoms with Crippen molar-refractivity contribution in [1.29, 1.82) is 0 Å². The number of carbonyl (C=O) groups is 1. The molecule has 5 nitrogen and oxygen atoms in total. The minimum atomic E-state index is 0.0270. The predicted molar refractivity (Wildman–Crippen MR) is 111 cm³/mol. The molecule has 3 aromatic rings. The highest BCUT2D eigenvalue weighted by Crippen LogP contribution is 2.29. The summed E-state index contributed by atoms with van der Waals surface area (Å²) in [6, 6.07) is 9.91. The number of amides is 1. The highest BCUT2D eigenvalue weighted by Gasteiger charge is 2.19. The molecule has 0 radical (unpaired) electrons. The van der Waals surface area contributed by atoms with E-state index >= 15 is 0 Å². The molecule has 1 aromatic carbocycles. The van der Waals surface area contributed by atoms with E-state index in [4.69, 9.17) is 4.74 Å². The minimum Gasteiger partial charge on any atom is -0.492 e. The quantitative estimate of drug-likeness (QED) is 0.601. The largest absolute Gasteiger partial charge is 0.492 e. The molecule has 0 N–H and O–H groups in total. The molecule has 0 unspecified atom stereocenters. The van der Waals surface area contributed by atoms with Crippen LogP contribution in [0.1, 0.15) is 34.8 Å². The summed E-state index contributed by atoms with van der Waals surface area (Å²) in [5.41, 5.74) is 2.18. The number of carbonyl (C=O) groups excluding carboxylic acids is 1. The fourth-order valence-corrected chi connectivity index (χ4v) is 4.08. The second-order valence-corrected chi connectivity index (χ2v) is 8.41. The van der Waals surface area contributed by atoms with Crippen molar-refractivity contribution in [2.24, 2.45) is 5.92 Å². The molecule has 0 aliphatic carbocycles. The zero-order chi connectivity index (χ0) is 19.6. The van der Waals surface area contributed by atoms with Gasteiger partial charge in [-0.15, -0.1) is 11.3 Å². The first kappa shape index (κ1) is 19.4. The van der Waals surface area contributed by atoms with Crippen LogP contribution in [0.5, 0.6) is 5.75 Å². The van der Waals surface area contributed by atoms with Crippen LogP contribution in [0.15, 0.2) is 30.3 Å². The van der Waals surface area contributed by atoms with Gasteiger partial charge in [0.2, 0.25) is 0 Å². The molecule has 3 rings (SSSR count). The summed E-state index contributed by atoms with van der Waals surface area (Å²) in [5.74, 6) is 1.36. The summed E-state index contributed by atoms with van der Waals surface area (Å²) in [5, 5.41) is 5.68. The molecular weight excluding hydrogens is 358 g/mol. The molecule has 0 spiro atoms. The molecule has 2 aromatic heterocycles. The number of likely N-dealkylation sites (N-methyl/N-ethyl adjacent to an activating group) is 1. The van der Waals surface area contributed by atoms with Gasteiger partial charge in [-0.05, 0) is 38.0 Å². The first-order chi connectivity index (χ1) is 12.8. The van der Waals surface area contributed by atoms with Crippen molar-refractivity contribution in [2.45, 2.75) is 34.2 Å². The molecule has 1 amide bonds. The van der Waals surface area contributed by atoms with Gasteiger partial charge in [-0.2, -0.15) is 5.10 Å². The molecule has 27 heavy (non-hydrogen) atoms. The molecule has 0 saturated heterocycles. The Morgan fingerprint density at radius 2 is 1.96 bits per heavy atom. The van der Waals surface area contributed by atoms with E-state index in [9.17, 15) is 4.79 Å². The number of nitrogens with zero attached hydrogens (tertiary/aromatic N) is 3. The Bertz CT molecular complexity index is 925. The first-order valence-electron chi connectivity index (χ1n) is 9.27. The van der Waals surface area contributed by atoms with Gasteiger partial charge in [0.15, 0.2) is 0 Å². The van der Waals surface area contributed by atoms with E-state index in [0.717, 1.165) is 33.1 Å². The monoisotopic (exact) mass is 385 g/mol. The summed E-state index contributed by atoms with van der Waals surface area (Å²) in [7, 11) is 1.82. The lowest BCUT2D eigenvalue weighted by atomic mass is 10.2. The molecule has 0 aliphatic heterocycles. The van der Waals surface area contributed by atoms with Crippen LogP contribution in [-0.4, -0.2) is 40.8 Å². The zero-order valence-corrected chi connectivity index (χ0v) is 17.5. The van der Waals surface area contributed by atoms with E-state index in [0.29, 0.717) is 19.1 Å². The smallest absolute Gasteiger partial charge is 0.263 e. The number of benzene rings is 1. The zero-order valence-electron chi connectivity index (χ0n) is 16.7. The third-order valence-corrected chi connectivity index (χ3v) is 5.56. The van der Waals surface area contributed by atoms with Crippen LogP contribution in [0.25, 0.3) is 10.2 Å². The van der Waals surface area contributed by atoms with Crippen LogP contribution < -0.4 is 4.74 Å². The summed E-state index contributed by atoms with van der Waals surface area (Å²) in [6.45, 7) is 10.3. The summed E-state index contributed by atoms with van der Waals surface area (Å²) >= 11 is 1.52. The first-order valence-corrected chi connectivity index (χ1v) is 10.1. The normalized spacial score (nSPS) is 11.3. The van der Waals surface area contributed by atoms with Crippen molar-refractivity contribution in [3.63, 3.8) is 0 Å². The number of hydrogen-bond acceptors (Lipinski definition) is 4. The minimum absolute atomic E-state index is 0.0270. The number of aryl methyl sites for hydroxylation is 2. The molecule has 0 aliphatic rings. The molecule has 6 heteroatoms. The molecule has 0 atom stereocenters. The van der Waals surface area contributed by atoms with Crippen LogP contribution in [0, 0.1) is 19.8 Å². The second kappa shape index (κ2) is 8.13. The van der Waals surface area contributed by atoms with Crippen molar-refractivity contribution < 1.29 is 9.53 Å². The Morgan fingerprint density at radius 1 is 1.26 bits per heavy atom. The number of fused-ring (bicyclic) bond motifs is 1. The van der Waals surface area contributed by atoms with Crippen LogP contribution in [0.3, 0.4) is 0 Å². The van der Waals surface area contributed by atoms with Gasteiger partial charge in [-0.1, -0.05) is 31.5 Å². The fraction of sp³-hybridized carbons (Fsp3) is 0.429. The third kappa shape index (κ3) is 4.50. The molecular formula is C21H27N3O2S. The standard InChI is InChI=1S/C21H27N3O2S/c1-14(2)13-24-21-18(16(4)22-24)12-19(27-21)20(25)23(5)10-11-26-17-8-6-15(3)7-9-17/h6-9,12,14H,10-11,13H2,1-5H3. The van der Waals surface area contributed by atoms with E-state index in [1.807, 2.05) is 55.9 Å². The van der Waals surface area contributed by atoms with Gasteiger partial charge in [-0.25, -0.2) is 0 Å². The lowest BCUT2D eigenvalue weighted by Crippen LogP contribution is -2.30. The molecule has 0 bridgehead atoms. The van der Waals surface area contributed by atoms with E-state index in [1.165, 1.54) is 16.9 Å². The highest BCUT2D eigenvalue weighted by atomic mass is 32.1. The average Bonchev–Trinajstić information content (AvgIpc) is 3.17. The molecule has 2 heterocycles. The SMILES string of the molecule is Cc1ccc(OCCN(C)C(=O)c2cc3c(C)nn(CC(C)C)c3s2)cc1. The predicted octanol–water partition coefficient (Wildman–Crippen LogP) is 4.52. The summed E-state index contributed by atoms with van der Waals surface area (Å²) in [6.07, 6.45) is 0. The Balaban J connectivity index is 1.64. The van der Waals surface area contributed by atoms with Gasteiger partial charge in [-0.3, -0.25) is 9.48 Å². The Hall–Kier alpha value is -2.34. The van der Waals surface area contributed by atoms with Gasteiger partial charge < -0.3 is 9.64 Å². The maximum atomic E-state index is 12.8. The fourth-order valence-electron chi connectivity index (χ4n) is 2.91. The van der Waals surface area contributed by atoms with Crippen molar-refractivity contribution in [1.82, 2.24) is 14.7 Å². The van der Waals surface area contributed by atoms with Crippen molar-refractivity contribution in [2.75, 3.05) is 20.2 Å². The maximum Gasteiger partial charge on any atom is 0.263 e. The number of aromatic nitrogens is 2. The summed E-state index contributed by atoms with van der Waals surface area (Å²) < 4.78 is 7.76. The molecule has 144 valence electrons. The van der Waals surface area contributed by atoms with E-state index < -0.39 is 0 Å². The van der Waals surface area contributed by atoms with Crippen molar-refractivity contribution in [3.05, 3.63) is 46.5 Å². The molecule has 0 saturated carbocycles. The number of ether oxygens (including phenoxy) is 1. The van der Waals surface area contributed by atoms with Gasteiger partial charge in [0.05, 0.1) is 17.1 Å². The van der Waals surface area contributed by atoms with Crippen LogP contribution in [-0.2, 0) is 6.54 Å². The van der Waals surface area contributed by atoms with E-state index in [2.05, 4.69) is 18.9 Å². The van der Waals surface area contributed by atoms with Crippen molar-refractivity contribution in [3.8, 4) is 5.75 Å². The topological polar surface area (TPSA) is 47.4 Å². The van der Waals surface area contributed by atoms with Crippen LogP contribution >= 0.6 is 11.3 Å². The molecule has 0 fully saturated rings. The van der Waals surface area contributed by atoms with Gasteiger partial charge in [0.1, 0.15) is 17.2 Å². The van der Waals surface area contributed by atoms with Crippen LogP contribution in [0.2, 0.25) is 0 Å². The Labute approximate surface area is 164 Å². The lowest BCUT2D eigenvalue weighted by molar-refractivity contribution is 0.0778. The van der Waals surface area contributed by atoms with Crippen LogP contribution in [0.4, 0.5) is 0 Å². The highest BCUT2D eigenvalue weighted by molar-refractivity contribution is 7.20. The number of rotatable bonds is 7. The third-order valence-electron chi connectivity index (χ3n) is 4.42. The van der Waals surface area contributed by atoms with E-state index in [1.54, 1.807) is 4.90 Å². The Morgan fingerprint density at radius 3 is 2.63 bits per heavy atom. The van der Waals surface area contributed by atoms with Crippen molar-refractivity contribution >= 4 is 27.5 Å². The lowest BCUT2D eigenvalue weighted by Gasteiger charge is -2.16. The second-order valence-electron chi connectivity index (χ2n) is 7.38. The van der Waals surface area contributed by atoms with Gasteiger partial charge in [0, 0.05) is 19.0 Å². The van der Waals surface area contributed by atoms with Gasteiger partial charge >= 0.3 is 0 Å².